The Hall–Kier alpha value is -1.52. The normalized spacial score (nSPS) is 10.5. The van der Waals surface area contributed by atoms with E-state index >= 15 is 0 Å². The number of ether oxygens (including phenoxy) is 2. The quantitative estimate of drug-likeness (QED) is 0.856. The van der Waals surface area contributed by atoms with Crippen LogP contribution in [-0.4, -0.2) is 14.2 Å². The largest absolute Gasteiger partial charge is 0.496 e. The van der Waals surface area contributed by atoms with Crippen LogP contribution in [-0.2, 0) is 6.54 Å². The van der Waals surface area contributed by atoms with E-state index in [-0.39, 0.29) is 0 Å². The van der Waals surface area contributed by atoms with Gasteiger partial charge in [-0.2, -0.15) is 0 Å². The Balaban J connectivity index is 2.41. The number of aryl methyl sites for hydroxylation is 1. The fraction of sp³-hybridized carbons (Fsp3) is 0.294. The fourth-order valence-electron chi connectivity index (χ4n) is 2.19. The Morgan fingerprint density at radius 3 is 2.48 bits per heavy atom. The number of nitrogens with one attached hydrogen (secondary N) is 1. The van der Waals surface area contributed by atoms with E-state index in [1.807, 2.05) is 38.2 Å². The molecule has 2 rings (SSSR count). The maximum absolute atomic E-state index is 6.12. The minimum atomic E-state index is 0.756. The summed E-state index contributed by atoms with van der Waals surface area (Å²) in [5.41, 5.74) is 3.31. The van der Waals surface area contributed by atoms with Crippen molar-refractivity contribution in [1.29, 1.82) is 0 Å². The van der Waals surface area contributed by atoms with Gasteiger partial charge in [-0.05, 0) is 50.7 Å². The molecule has 4 heteroatoms. The second-order valence-electron chi connectivity index (χ2n) is 4.92. The van der Waals surface area contributed by atoms with Gasteiger partial charge in [0.25, 0.3) is 0 Å². The lowest BCUT2D eigenvalue weighted by Crippen LogP contribution is -2.07. The van der Waals surface area contributed by atoms with Crippen molar-refractivity contribution in [3.63, 3.8) is 0 Å². The minimum Gasteiger partial charge on any atom is -0.496 e. The van der Waals surface area contributed by atoms with Gasteiger partial charge in [0, 0.05) is 22.1 Å². The molecular formula is C17H20BrNO2. The van der Waals surface area contributed by atoms with Gasteiger partial charge in [-0.15, -0.1) is 0 Å². The van der Waals surface area contributed by atoms with Crippen molar-refractivity contribution in [3.8, 4) is 17.2 Å². The molecule has 0 spiro atoms. The van der Waals surface area contributed by atoms with Crippen molar-refractivity contribution in [2.45, 2.75) is 20.4 Å². The third-order valence-electron chi connectivity index (χ3n) is 3.38. The summed E-state index contributed by atoms with van der Waals surface area (Å²) in [7, 11) is 3.60. The zero-order valence-corrected chi connectivity index (χ0v) is 14.4. The van der Waals surface area contributed by atoms with Crippen LogP contribution in [0.2, 0.25) is 0 Å². The number of hydrogen-bond acceptors (Lipinski definition) is 3. The first-order valence-corrected chi connectivity index (χ1v) is 7.61. The standard InChI is InChI=1S/C17H20BrNO2/c1-11-8-13(10-19-3)17(9-14(11)18)21-16-7-5-6-15(20-4)12(16)2/h5-9,19H,10H2,1-4H3. The molecule has 0 aromatic heterocycles. The molecule has 3 nitrogen and oxygen atoms in total. The van der Waals surface area contributed by atoms with Crippen molar-refractivity contribution in [1.82, 2.24) is 5.32 Å². The molecule has 2 aromatic carbocycles. The van der Waals surface area contributed by atoms with Crippen molar-refractivity contribution in [3.05, 3.63) is 51.5 Å². The van der Waals surface area contributed by atoms with Crippen LogP contribution in [0.15, 0.2) is 34.8 Å². The van der Waals surface area contributed by atoms with Crippen LogP contribution in [0.25, 0.3) is 0 Å². The highest BCUT2D eigenvalue weighted by Gasteiger charge is 2.11. The number of halogens is 1. The average Bonchev–Trinajstić information content (AvgIpc) is 2.46. The monoisotopic (exact) mass is 349 g/mol. The summed E-state index contributed by atoms with van der Waals surface area (Å²) in [5, 5.41) is 3.17. The molecule has 0 radical (unpaired) electrons. The van der Waals surface area contributed by atoms with Gasteiger partial charge in [0.2, 0.25) is 0 Å². The molecule has 0 bridgehead atoms. The second kappa shape index (κ2) is 6.96. The van der Waals surface area contributed by atoms with Gasteiger partial charge < -0.3 is 14.8 Å². The summed E-state index contributed by atoms with van der Waals surface area (Å²) in [6.07, 6.45) is 0. The second-order valence-corrected chi connectivity index (χ2v) is 5.78. The zero-order chi connectivity index (χ0) is 15.4. The topological polar surface area (TPSA) is 30.5 Å². The van der Waals surface area contributed by atoms with Crippen molar-refractivity contribution in [2.24, 2.45) is 0 Å². The van der Waals surface area contributed by atoms with Crippen LogP contribution in [0.5, 0.6) is 17.2 Å². The lowest BCUT2D eigenvalue weighted by molar-refractivity contribution is 0.404. The molecule has 21 heavy (non-hydrogen) atoms. The maximum Gasteiger partial charge on any atom is 0.134 e. The van der Waals surface area contributed by atoms with Crippen LogP contribution in [0.4, 0.5) is 0 Å². The van der Waals surface area contributed by atoms with E-state index in [2.05, 4.69) is 34.2 Å². The van der Waals surface area contributed by atoms with Gasteiger partial charge in [0.05, 0.1) is 7.11 Å². The molecule has 0 saturated heterocycles. The highest BCUT2D eigenvalue weighted by molar-refractivity contribution is 9.10. The molecule has 0 saturated carbocycles. The highest BCUT2D eigenvalue weighted by atomic mass is 79.9. The summed E-state index contributed by atoms with van der Waals surface area (Å²) in [6, 6.07) is 9.96. The van der Waals surface area contributed by atoms with Crippen LogP contribution in [0.3, 0.4) is 0 Å². The SMILES string of the molecule is CNCc1cc(C)c(Br)cc1Oc1cccc(OC)c1C. The third-order valence-corrected chi connectivity index (χ3v) is 4.24. The highest BCUT2D eigenvalue weighted by Crippen LogP contribution is 2.35. The Morgan fingerprint density at radius 1 is 1.10 bits per heavy atom. The number of benzene rings is 2. The predicted molar refractivity (Wildman–Crippen MR) is 89.4 cm³/mol. The summed E-state index contributed by atoms with van der Waals surface area (Å²) in [5.74, 6) is 2.48. The average molecular weight is 350 g/mol. The summed E-state index contributed by atoms with van der Waals surface area (Å²) in [6.45, 7) is 4.82. The van der Waals surface area contributed by atoms with Gasteiger partial charge >= 0.3 is 0 Å². The molecule has 0 heterocycles. The van der Waals surface area contributed by atoms with Crippen molar-refractivity contribution >= 4 is 15.9 Å². The molecule has 1 N–H and O–H groups in total. The van der Waals surface area contributed by atoms with Crippen LogP contribution in [0.1, 0.15) is 16.7 Å². The molecule has 0 atom stereocenters. The minimum absolute atomic E-state index is 0.756. The van der Waals surface area contributed by atoms with Crippen molar-refractivity contribution < 1.29 is 9.47 Å². The molecule has 0 unspecified atom stereocenters. The molecule has 0 aliphatic rings. The first-order chi connectivity index (χ1) is 10.1. The van der Waals surface area contributed by atoms with Crippen LogP contribution in [0, 0.1) is 13.8 Å². The van der Waals surface area contributed by atoms with E-state index in [0.717, 1.165) is 39.4 Å². The molecule has 0 fully saturated rings. The van der Waals surface area contributed by atoms with E-state index in [4.69, 9.17) is 9.47 Å². The summed E-state index contributed by atoms with van der Waals surface area (Å²) in [4.78, 5) is 0. The van der Waals surface area contributed by atoms with Gasteiger partial charge in [-0.25, -0.2) is 0 Å². The van der Waals surface area contributed by atoms with Crippen LogP contribution < -0.4 is 14.8 Å². The van der Waals surface area contributed by atoms with Gasteiger partial charge in [-0.1, -0.05) is 22.0 Å². The number of rotatable bonds is 5. The smallest absolute Gasteiger partial charge is 0.134 e. The lowest BCUT2D eigenvalue weighted by Gasteiger charge is -2.16. The predicted octanol–water partition coefficient (Wildman–Crippen LogP) is 4.59. The Bertz CT molecular complexity index is 641. The lowest BCUT2D eigenvalue weighted by atomic mass is 10.1. The van der Waals surface area contributed by atoms with E-state index in [9.17, 15) is 0 Å². The van der Waals surface area contributed by atoms with Gasteiger partial charge in [0.15, 0.2) is 0 Å². The van der Waals surface area contributed by atoms with E-state index in [1.54, 1.807) is 7.11 Å². The van der Waals surface area contributed by atoms with Crippen LogP contribution >= 0.6 is 15.9 Å². The molecule has 2 aromatic rings. The fourth-order valence-corrected chi connectivity index (χ4v) is 2.51. The number of methoxy groups -OCH3 is 1. The first kappa shape index (κ1) is 15.9. The molecule has 0 aliphatic heterocycles. The van der Waals surface area contributed by atoms with Crippen molar-refractivity contribution in [2.75, 3.05) is 14.2 Å². The van der Waals surface area contributed by atoms with E-state index < -0.39 is 0 Å². The zero-order valence-electron chi connectivity index (χ0n) is 12.8. The van der Waals surface area contributed by atoms with E-state index in [1.165, 1.54) is 5.56 Å². The Kier molecular flexibility index (Phi) is 5.26. The maximum atomic E-state index is 6.12. The number of hydrogen-bond donors (Lipinski definition) is 1. The third kappa shape index (κ3) is 3.57. The van der Waals surface area contributed by atoms with E-state index in [0.29, 0.717) is 0 Å². The summed E-state index contributed by atoms with van der Waals surface area (Å²) >= 11 is 3.57. The Morgan fingerprint density at radius 2 is 1.81 bits per heavy atom. The Labute approximate surface area is 134 Å². The molecular weight excluding hydrogens is 330 g/mol. The molecule has 112 valence electrons. The molecule has 0 aliphatic carbocycles. The van der Waals surface area contributed by atoms with Gasteiger partial charge in [0.1, 0.15) is 17.2 Å². The molecule has 0 amide bonds. The first-order valence-electron chi connectivity index (χ1n) is 6.82. The summed E-state index contributed by atoms with van der Waals surface area (Å²) < 4.78 is 12.5. The van der Waals surface area contributed by atoms with Gasteiger partial charge in [-0.3, -0.25) is 0 Å².